The molecular weight excluding hydrogens is 677 g/mol. The second kappa shape index (κ2) is 17.0. The van der Waals surface area contributed by atoms with Crippen molar-refractivity contribution in [3.63, 3.8) is 0 Å². The smallest absolute Gasteiger partial charge is 0.270 e. The zero-order valence-corrected chi connectivity index (χ0v) is 35.2. The molecule has 7 heteroatoms. The van der Waals surface area contributed by atoms with E-state index >= 15 is 0 Å². The summed E-state index contributed by atoms with van der Waals surface area (Å²) in [5.74, 6) is 1.30. The fourth-order valence-corrected chi connectivity index (χ4v) is 6.75. The number of benzene rings is 2. The van der Waals surface area contributed by atoms with Crippen molar-refractivity contribution in [2.45, 2.75) is 144 Å². The molecule has 3 heterocycles. The van der Waals surface area contributed by atoms with Gasteiger partial charge in [-0.15, -0.1) is 0 Å². The number of hydrogen-bond acceptors (Lipinski definition) is 4. The Hall–Kier alpha value is -4.26. The third-order valence-electron chi connectivity index (χ3n) is 10.7. The molecule has 0 amide bonds. The molecule has 1 aliphatic carbocycles. The van der Waals surface area contributed by atoms with Gasteiger partial charge in [0.15, 0.2) is 0 Å². The van der Waals surface area contributed by atoms with Gasteiger partial charge in [-0.05, 0) is 108 Å². The van der Waals surface area contributed by atoms with Crippen molar-refractivity contribution in [3.8, 4) is 11.6 Å². The molecule has 0 unspecified atom stereocenters. The maximum Gasteiger partial charge on any atom is 0.270 e. The predicted molar refractivity (Wildman–Crippen MR) is 219 cm³/mol. The Balaban J connectivity index is 0.000000193. The van der Waals surface area contributed by atoms with Crippen molar-refractivity contribution in [2.75, 3.05) is 7.11 Å². The van der Waals surface area contributed by atoms with E-state index in [-0.39, 0.29) is 16.4 Å². The Labute approximate surface area is 323 Å². The molecule has 2 aromatic carbocycles. The van der Waals surface area contributed by atoms with Crippen molar-refractivity contribution >= 4 is 0 Å². The molecule has 0 radical (unpaired) electrons. The fourth-order valence-electron chi connectivity index (χ4n) is 6.75. The molecule has 0 spiro atoms. The summed E-state index contributed by atoms with van der Waals surface area (Å²) in [6, 6.07) is 21.4. The van der Waals surface area contributed by atoms with Gasteiger partial charge in [-0.1, -0.05) is 99.6 Å². The summed E-state index contributed by atoms with van der Waals surface area (Å²) in [6.45, 7) is 27.4. The van der Waals surface area contributed by atoms with E-state index in [1.165, 1.54) is 47.2 Å². The highest BCUT2D eigenvalue weighted by Crippen LogP contribution is 2.46. The van der Waals surface area contributed by atoms with Crippen LogP contribution in [0.3, 0.4) is 0 Å². The summed E-state index contributed by atoms with van der Waals surface area (Å²) < 4.78 is 39.4. The Morgan fingerprint density at radius 1 is 0.815 bits per heavy atom. The minimum Gasteiger partial charge on any atom is -0.481 e. The van der Waals surface area contributed by atoms with Crippen LogP contribution in [-0.4, -0.2) is 21.9 Å². The average Bonchev–Trinajstić information content (AvgIpc) is 3.75. The highest BCUT2D eigenvalue weighted by Gasteiger charge is 2.37. The van der Waals surface area contributed by atoms with Gasteiger partial charge >= 0.3 is 0 Å². The molecule has 54 heavy (non-hydrogen) atoms. The van der Waals surface area contributed by atoms with Gasteiger partial charge < -0.3 is 9.15 Å². The Kier molecular flexibility index (Phi) is 13.4. The minimum absolute atomic E-state index is 0.00555. The number of aryl methyl sites for hydroxylation is 2. The van der Waals surface area contributed by atoms with Gasteiger partial charge in [-0.3, -0.25) is 0 Å². The second-order valence-corrected chi connectivity index (χ2v) is 17.2. The lowest BCUT2D eigenvalue weighted by Gasteiger charge is -2.42. The van der Waals surface area contributed by atoms with Crippen LogP contribution >= 0.6 is 0 Å². The van der Waals surface area contributed by atoms with E-state index in [1.54, 1.807) is 29.5 Å². The van der Waals surface area contributed by atoms with Gasteiger partial charge in [0, 0.05) is 42.8 Å². The Morgan fingerprint density at radius 2 is 1.46 bits per heavy atom. The molecule has 0 saturated heterocycles. The fraction of sp³-hybridized carbons (Fsp3) is 0.489. The summed E-state index contributed by atoms with van der Waals surface area (Å²) in [4.78, 5) is 4.10. The summed E-state index contributed by atoms with van der Waals surface area (Å²) in [6.07, 6.45) is 5.27. The van der Waals surface area contributed by atoms with E-state index in [4.69, 9.17) is 9.15 Å². The molecule has 5 aromatic rings. The number of methoxy groups -OCH3 is 1. The van der Waals surface area contributed by atoms with Crippen molar-refractivity contribution < 1.29 is 17.9 Å². The standard InChI is InChI=1S/C23H32O.C15H18F2N2.C9H13NO/c1-15(2)21-9-8-18(24-21)13-17-14-20-19(12-16(17)3)22(4,5)10-11-23(20,6)7;1-10(2)14-8-11(3)19(18-14)13-7-5-6-12(9-13)15(4,16)17;1-7(2)8-4-5-9(11-3)10-6-8/h8-9,12,14-15H,10-11,13H2,1-7H3;5-10H,1-4H3;4-7H,1-3H3. The first-order valence-corrected chi connectivity index (χ1v) is 19.4. The monoisotopic (exact) mass is 739 g/mol. The van der Waals surface area contributed by atoms with Gasteiger partial charge in [0.05, 0.1) is 18.5 Å². The van der Waals surface area contributed by atoms with Gasteiger partial charge in [0.25, 0.3) is 5.92 Å². The number of alkyl halides is 2. The van der Waals surface area contributed by atoms with Crippen LogP contribution in [0.1, 0.15) is 163 Å². The molecule has 3 aromatic heterocycles. The first-order valence-electron chi connectivity index (χ1n) is 19.4. The van der Waals surface area contributed by atoms with Gasteiger partial charge in [-0.25, -0.2) is 18.4 Å². The maximum atomic E-state index is 13.4. The van der Waals surface area contributed by atoms with Crippen molar-refractivity contribution in [3.05, 3.63) is 129 Å². The van der Waals surface area contributed by atoms with Gasteiger partial charge in [-0.2, -0.15) is 5.10 Å². The maximum absolute atomic E-state index is 13.4. The molecule has 292 valence electrons. The van der Waals surface area contributed by atoms with Crippen LogP contribution < -0.4 is 4.74 Å². The van der Waals surface area contributed by atoms with E-state index in [1.807, 2.05) is 31.3 Å². The van der Waals surface area contributed by atoms with E-state index in [0.717, 1.165) is 36.3 Å². The molecule has 6 rings (SSSR count). The Bertz CT molecular complexity index is 1970. The first kappa shape index (κ1) is 42.5. The van der Waals surface area contributed by atoms with Crippen LogP contribution in [0.15, 0.2) is 77.3 Å². The molecular formula is C47H63F2N3O2. The molecule has 0 atom stereocenters. The highest BCUT2D eigenvalue weighted by molar-refractivity contribution is 5.48. The lowest BCUT2D eigenvalue weighted by molar-refractivity contribution is 0.0174. The molecule has 0 N–H and O–H groups in total. The van der Waals surface area contributed by atoms with E-state index < -0.39 is 5.92 Å². The zero-order valence-electron chi connectivity index (χ0n) is 35.2. The number of fused-ring (bicyclic) bond motifs is 1. The van der Waals surface area contributed by atoms with Crippen molar-refractivity contribution in [1.82, 2.24) is 14.8 Å². The molecule has 0 aliphatic heterocycles. The SMILES string of the molecule is COc1ccc(C(C)C)cn1.Cc1cc(C(C)C)nn1-c1cccc(C(C)(F)F)c1.Cc1cc2c(cc1Cc1ccc(C(C)C)o1)C(C)(C)CCC2(C)C. The lowest BCUT2D eigenvalue weighted by Crippen LogP contribution is -2.34. The number of hydrogen-bond donors (Lipinski definition) is 0. The van der Waals surface area contributed by atoms with Crippen molar-refractivity contribution in [1.29, 1.82) is 0 Å². The highest BCUT2D eigenvalue weighted by atomic mass is 19.3. The number of aromatic nitrogens is 3. The van der Waals surface area contributed by atoms with Crippen LogP contribution in [0.4, 0.5) is 8.78 Å². The molecule has 0 saturated carbocycles. The molecule has 0 bridgehead atoms. The van der Waals surface area contributed by atoms with Crippen LogP contribution in [0.5, 0.6) is 5.88 Å². The summed E-state index contributed by atoms with van der Waals surface area (Å²) >= 11 is 0. The summed E-state index contributed by atoms with van der Waals surface area (Å²) in [5.41, 5.74) is 10.2. The summed E-state index contributed by atoms with van der Waals surface area (Å²) in [5, 5.41) is 4.47. The number of ether oxygens (including phenoxy) is 1. The minimum atomic E-state index is -2.84. The van der Waals surface area contributed by atoms with Gasteiger partial charge in [0.2, 0.25) is 5.88 Å². The first-order chi connectivity index (χ1) is 25.1. The average molecular weight is 740 g/mol. The normalized spacial score (nSPS) is 14.6. The zero-order chi connectivity index (χ0) is 40.2. The quantitative estimate of drug-likeness (QED) is 0.159. The lowest BCUT2D eigenvalue weighted by atomic mass is 9.62. The molecule has 1 aliphatic rings. The Morgan fingerprint density at radius 3 is 1.96 bits per heavy atom. The van der Waals surface area contributed by atoms with Crippen LogP contribution in [-0.2, 0) is 23.2 Å². The van der Waals surface area contributed by atoms with Crippen LogP contribution in [0, 0.1) is 13.8 Å². The third kappa shape index (κ3) is 10.5. The van der Waals surface area contributed by atoms with Gasteiger partial charge in [0.1, 0.15) is 11.5 Å². The number of halogens is 2. The number of nitrogens with zero attached hydrogens (tertiary/aromatic N) is 3. The predicted octanol–water partition coefficient (Wildman–Crippen LogP) is 13.3. The van der Waals surface area contributed by atoms with Crippen LogP contribution in [0.25, 0.3) is 5.69 Å². The number of furan rings is 1. The second-order valence-electron chi connectivity index (χ2n) is 17.2. The molecule has 5 nitrogen and oxygen atoms in total. The summed E-state index contributed by atoms with van der Waals surface area (Å²) in [7, 11) is 1.62. The number of rotatable bonds is 8. The van der Waals surface area contributed by atoms with Crippen LogP contribution in [0.2, 0.25) is 0 Å². The van der Waals surface area contributed by atoms with E-state index in [9.17, 15) is 8.78 Å². The number of pyridine rings is 1. The molecule has 0 fully saturated rings. The topological polar surface area (TPSA) is 53.1 Å². The van der Waals surface area contributed by atoms with Crippen molar-refractivity contribution in [2.24, 2.45) is 0 Å². The van der Waals surface area contributed by atoms with E-state index in [0.29, 0.717) is 29.3 Å². The largest absolute Gasteiger partial charge is 0.481 e. The third-order valence-corrected chi connectivity index (χ3v) is 10.7. The van der Waals surface area contributed by atoms with E-state index in [2.05, 4.69) is 111 Å².